The molecule has 2 aliphatic heterocycles. The Hall–Kier alpha value is -2.29. The fraction of sp³-hybridized carbons (Fsp3) is 0.594. The summed E-state index contributed by atoms with van der Waals surface area (Å²) < 4.78 is 35.6. The van der Waals surface area contributed by atoms with Crippen LogP contribution < -0.4 is 14.4 Å². The molecule has 4 aliphatic rings. The number of aliphatic hydroxyl groups excluding tert-OH is 1. The van der Waals surface area contributed by atoms with E-state index in [0.717, 1.165) is 82.1 Å². The van der Waals surface area contributed by atoms with Gasteiger partial charge < -0.3 is 14.7 Å². The topological polar surface area (TPSA) is 95.9 Å². The average Bonchev–Trinajstić information content (AvgIpc) is 3.39. The van der Waals surface area contributed by atoms with Crippen molar-refractivity contribution in [1.29, 1.82) is 0 Å². The molecule has 41 heavy (non-hydrogen) atoms. The second kappa shape index (κ2) is 12.1. The van der Waals surface area contributed by atoms with Crippen molar-refractivity contribution in [3.63, 3.8) is 0 Å². The average molecular weight is 601 g/mol. The van der Waals surface area contributed by atoms with E-state index in [2.05, 4.69) is 9.62 Å². The third kappa shape index (κ3) is 6.25. The minimum Gasteiger partial charge on any atom is -0.487 e. The lowest BCUT2D eigenvalue weighted by atomic mass is 9.69. The van der Waals surface area contributed by atoms with E-state index in [1.807, 2.05) is 18.2 Å². The predicted octanol–water partition coefficient (Wildman–Crippen LogP) is 5.86. The number of aliphatic hydroxyl groups is 1. The van der Waals surface area contributed by atoms with Gasteiger partial charge in [-0.05, 0) is 117 Å². The van der Waals surface area contributed by atoms with Crippen molar-refractivity contribution < 1.29 is 23.1 Å². The van der Waals surface area contributed by atoms with Gasteiger partial charge in [0.15, 0.2) is 0 Å². The highest BCUT2D eigenvalue weighted by atomic mass is 35.5. The molecule has 2 aromatic rings. The largest absolute Gasteiger partial charge is 0.487 e. The van der Waals surface area contributed by atoms with E-state index >= 15 is 0 Å². The molecule has 0 saturated heterocycles. The Morgan fingerprint density at radius 1 is 0.902 bits per heavy atom. The lowest BCUT2D eigenvalue weighted by Crippen LogP contribution is -2.44. The number of halogens is 1. The summed E-state index contributed by atoms with van der Waals surface area (Å²) in [6, 6.07) is 11.2. The Kier molecular flexibility index (Phi) is 8.53. The van der Waals surface area contributed by atoms with E-state index in [9.17, 15) is 18.3 Å². The van der Waals surface area contributed by atoms with Gasteiger partial charge in [-0.3, -0.25) is 4.79 Å². The Labute approximate surface area is 248 Å². The van der Waals surface area contributed by atoms with E-state index in [-0.39, 0.29) is 17.9 Å². The summed E-state index contributed by atoms with van der Waals surface area (Å²) in [7, 11) is -3.83. The number of rotatable bonds is 0. The van der Waals surface area contributed by atoms with E-state index in [1.54, 1.807) is 18.2 Å². The predicted molar refractivity (Wildman–Crippen MR) is 161 cm³/mol. The summed E-state index contributed by atoms with van der Waals surface area (Å²) in [6.45, 7) is 1.92. The third-order valence-corrected chi connectivity index (χ3v) is 12.1. The lowest BCUT2D eigenvalue weighted by Gasteiger charge is -2.43. The van der Waals surface area contributed by atoms with Crippen LogP contribution in [-0.2, 0) is 23.1 Å². The SMILES string of the molecule is O=C1NS(=O)(=O)[C@H]2CCC[C@@H]2CCC[C@H](O)[C@@H]2CC[C@H]2CN2CCCCc3cc(Cl)ccc3COc3ccc1cc32. The summed E-state index contributed by atoms with van der Waals surface area (Å²) in [5.74, 6) is 0.708. The van der Waals surface area contributed by atoms with Crippen molar-refractivity contribution >= 4 is 33.2 Å². The molecule has 1 amide bonds. The minimum absolute atomic E-state index is 0.0201. The first-order valence-corrected chi connectivity index (χ1v) is 17.2. The molecule has 7 nitrogen and oxygen atoms in total. The fourth-order valence-corrected chi connectivity index (χ4v) is 9.48. The molecule has 2 aliphatic carbocycles. The Morgan fingerprint density at radius 2 is 1.73 bits per heavy atom. The highest BCUT2D eigenvalue weighted by Crippen LogP contribution is 2.42. The van der Waals surface area contributed by atoms with Crippen LogP contribution in [0.25, 0.3) is 0 Å². The van der Waals surface area contributed by atoms with Crippen LogP contribution in [0.15, 0.2) is 36.4 Å². The van der Waals surface area contributed by atoms with E-state index < -0.39 is 21.2 Å². The molecule has 2 N–H and O–H groups in total. The zero-order valence-electron chi connectivity index (χ0n) is 23.6. The standard InChI is InChI=1S/C32H41ClN2O5S/c33-26-13-10-25-20-40-30-15-12-23-18-28(30)35(16-2-1-5-22(25)17-26)19-24-11-14-27(24)29(36)8-3-6-21-7-4-9-31(21)41(38,39)34-32(23)37/h10,12-13,15,17-18,21,24,27,29,31,36H,1-9,11,14,16,19-20H2,(H,34,37)/t21-,24-,27+,29-,31-/m0/s1. The molecule has 0 unspecified atom stereocenters. The monoisotopic (exact) mass is 600 g/mol. The molecule has 0 spiro atoms. The number of fused-ring (bicyclic) bond motifs is 4. The minimum atomic E-state index is -3.83. The first-order valence-electron chi connectivity index (χ1n) is 15.3. The maximum absolute atomic E-state index is 13.4. The van der Waals surface area contributed by atoms with Crippen molar-refractivity contribution in [3.05, 3.63) is 58.1 Å². The molecule has 6 rings (SSSR count). The summed E-state index contributed by atoms with van der Waals surface area (Å²) in [4.78, 5) is 15.7. The Balaban J connectivity index is 1.36. The van der Waals surface area contributed by atoms with E-state index in [4.69, 9.17) is 16.3 Å². The van der Waals surface area contributed by atoms with Crippen LogP contribution in [0.2, 0.25) is 5.02 Å². The number of benzene rings is 2. The molecular weight excluding hydrogens is 560 g/mol. The van der Waals surface area contributed by atoms with Crippen LogP contribution in [0.4, 0.5) is 5.69 Å². The van der Waals surface area contributed by atoms with Gasteiger partial charge in [0.2, 0.25) is 10.0 Å². The summed E-state index contributed by atoms with van der Waals surface area (Å²) in [5, 5.41) is 11.3. The smallest absolute Gasteiger partial charge is 0.264 e. The molecule has 2 saturated carbocycles. The maximum atomic E-state index is 13.4. The van der Waals surface area contributed by atoms with Crippen LogP contribution in [0.3, 0.4) is 0 Å². The van der Waals surface area contributed by atoms with Crippen LogP contribution in [0.5, 0.6) is 5.75 Å². The number of aryl methyl sites for hydroxylation is 1. The van der Waals surface area contributed by atoms with E-state index in [1.165, 1.54) is 5.56 Å². The number of hydrogen-bond acceptors (Lipinski definition) is 6. The molecule has 0 radical (unpaired) electrons. The zero-order valence-corrected chi connectivity index (χ0v) is 25.1. The van der Waals surface area contributed by atoms with Crippen LogP contribution >= 0.6 is 11.6 Å². The number of ether oxygens (including phenoxy) is 1. The number of nitrogens with zero attached hydrogens (tertiary/aromatic N) is 1. The van der Waals surface area contributed by atoms with Gasteiger partial charge in [0.25, 0.3) is 5.91 Å². The Bertz CT molecular complexity index is 1380. The summed E-state index contributed by atoms with van der Waals surface area (Å²) in [5.41, 5.74) is 3.39. The van der Waals surface area contributed by atoms with Gasteiger partial charge in [-0.2, -0.15) is 0 Å². The van der Waals surface area contributed by atoms with Crippen molar-refractivity contribution in [2.45, 2.75) is 88.6 Å². The number of carbonyl (C=O) groups is 1. The van der Waals surface area contributed by atoms with Gasteiger partial charge >= 0.3 is 0 Å². The third-order valence-electron chi connectivity index (χ3n) is 9.96. The van der Waals surface area contributed by atoms with Gasteiger partial charge in [-0.15, -0.1) is 0 Å². The van der Waals surface area contributed by atoms with E-state index in [0.29, 0.717) is 41.7 Å². The van der Waals surface area contributed by atoms with Crippen LogP contribution in [-0.4, -0.2) is 43.9 Å². The van der Waals surface area contributed by atoms with Gasteiger partial charge in [0.05, 0.1) is 17.0 Å². The molecule has 2 heterocycles. The van der Waals surface area contributed by atoms with Crippen LogP contribution in [0.1, 0.15) is 85.7 Å². The quantitative estimate of drug-likeness (QED) is 0.393. The Morgan fingerprint density at radius 3 is 2.54 bits per heavy atom. The van der Waals surface area contributed by atoms with Gasteiger partial charge in [-0.1, -0.05) is 30.5 Å². The molecule has 0 aromatic heterocycles. The van der Waals surface area contributed by atoms with Gasteiger partial charge in [0.1, 0.15) is 12.4 Å². The number of anilines is 1. The molecule has 9 heteroatoms. The normalized spacial score (nSPS) is 30.3. The van der Waals surface area contributed by atoms with Gasteiger partial charge in [0, 0.05) is 23.7 Å². The van der Waals surface area contributed by atoms with Crippen molar-refractivity contribution in [2.24, 2.45) is 17.8 Å². The maximum Gasteiger partial charge on any atom is 0.264 e. The fourth-order valence-electron chi connectivity index (χ4n) is 7.50. The number of sulfonamides is 1. The lowest BCUT2D eigenvalue weighted by molar-refractivity contribution is 0.00883. The summed E-state index contributed by atoms with van der Waals surface area (Å²) >= 11 is 6.31. The van der Waals surface area contributed by atoms with Crippen molar-refractivity contribution in [2.75, 3.05) is 18.0 Å². The molecule has 2 fully saturated rings. The molecule has 5 atom stereocenters. The second-order valence-corrected chi connectivity index (χ2v) is 14.8. The zero-order chi connectivity index (χ0) is 28.6. The van der Waals surface area contributed by atoms with Crippen molar-refractivity contribution in [3.8, 4) is 5.75 Å². The number of nitrogens with one attached hydrogen (secondary N) is 1. The molecule has 2 bridgehead atoms. The molecule has 222 valence electrons. The van der Waals surface area contributed by atoms with Gasteiger partial charge in [-0.25, -0.2) is 13.1 Å². The number of hydrogen-bond donors (Lipinski definition) is 2. The first-order chi connectivity index (χ1) is 19.8. The molecule has 2 aromatic carbocycles. The molecular formula is C32H41ClN2O5S. The second-order valence-electron chi connectivity index (χ2n) is 12.5. The number of carbonyl (C=O) groups excluding carboxylic acids is 1. The van der Waals surface area contributed by atoms with Crippen molar-refractivity contribution in [1.82, 2.24) is 4.72 Å². The van der Waals surface area contributed by atoms with Crippen LogP contribution in [0, 0.1) is 17.8 Å². The number of amides is 1. The highest BCUT2D eigenvalue weighted by Gasteiger charge is 2.40. The first kappa shape index (κ1) is 28.8. The summed E-state index contributed by atoms with van der Waals surface area (Å²) in [6.07, 6.45) is 9.08. The highest BCUT2D eigenvalue weighted by molar-refractivity contribution is 7.90.